The first-order chi connectivity index (χ1) is 14.0. The van der Waals surface area contributed by atoms with Crippen LogP contribution < -0.4 is 4.72 Å². The Labute approximate surface area is 172 Å². The van der Waals surface area contributed by atoms with Crippen molar-refractivity contribution in [1.82, 2.24) is 4.90 Å². The fourth-order valence-electron chi connectivity index (χ4n) is 3.53. The summed E-state index contributed by atoms with van der Waals surface area (Å²) in [6.07, 6.45) is 1.79. The van der Waals surface area contributed by atoms with Gasteiger partial charge in [-0.3, -0.25) is 9.52 Å². The molecule has 0 aliphatic carbocycles. The maximum absolute atomic E-state index is 13.8. The van der Waals surface area contributed by atoms with Crippen LogP contribution in [0.5, 0.6) is 0 Å². The van der Waals surface area contributed by atoms with E-state index in [9.17, 15) is 17.6 Å². The second-order valence-corrected chi connectivity index (χ2v) is 9.29. The van der Waals surface area contributed by atoms with Crippen LogP contribution in [0, 0.1) is 5.82 Å². The van der Waals surface area contributed by atoms with Crippen LogP contribution in [0.15, 0.2) is 70.3 Å². The van der Waals surface area contributed by atoms with Gasteiger partial charge in [-0.25, -0.2) is 12.8 Å². The third-order valence-electron chi connectivity index (χ3n) is 4.95. The number of benzene rings is 2. The topological polar surface area (TPSA) is 66.5 Å². The number of anilines is 1. The molecule has 0 radical (unpaired) electrons. The molecule has 1 N–H and O–H groups in total. The maximum atomic E-state index is 13.8. The van der Waals surface area contributed by atoms with Gasteiger partial charge in [0.2, 0.25) is 0 Å². The molecule has 2 heterocycles. The Bertz CT molecular complexity index is 1130. The van der Waals surface area contributed by atoms with E-state index in [1.807, 2.05) is 16.8 Å². The van der Waals surface area contributed by atoms with E-state index < -0.39 is 15.8 Å². The smallest absolute Gasteiger partial charge is 0.262 e. The molecular weight excluding hydrogens is 411 g/mol. The van der Waals surface area contributed by atoms with Gasteiger partial charge in [0.05, 0.1) is 16.6 Å². The molecule has 2 aromatic carbocycles. The molecule has 3 aromatic rings. The Kier molecular flexibility index (Phi) is 5.38. The van der Waals surface area contributed by atoms with Crippen LogP contribution in [-0.4, -0.2) is 25.8 Å². The summed E-state index contributed by atoms with van der Waals surface area (Å²) in [5.74, 6) is -0.874. The number of thiophene rings is 1. The second-order valence-electron chi connectivity index (χ2n) is 6.83. The van der Waals surface area contributed by atoms with Crippen molar-refractivity contribution in [2.24, 2.45) is 0 Å². The first-order valence-corrected chi connectivity index (χ1v) is 11.6. The predicted octanol–water partition coefficient (Wildman–Crippen LogP) is 4.67. The van der Waals surface area contributed by atoms with Gasteiger partial charge in [0.15, 0.2) is 0 Å². The number of hydrogen-bond donors (Lipinski definition) is 1. The summed E-state index contributed by atoms with van der Waals surface area (Å²) >= 11 is 1.59. The lowest BCUT2D eigenvalue weighted by atomic mass is 10.1. The Hall–Kier alpha value is -2.71. The molecule has 1 aliphatic heterocycles. The fourth-order valence-corrected chi connectivity index (χ4v) is 5.35. The maximum Gasteiger partial charge on any atom is 0.262 e. The number of rotatable bonds is 5. The molecule has 8 heteroatoms. The summed E-state index contributed by atoms with van der Waals surface area (Å²) in [5, 5.41) is 4.02. The molecule has 0 spiro atoms. The van der Waals surface area contributed by atoms with Crippen molar-refractivity contribution in [3.8, 4) is 0 Å². The standard InChI is InChI=1S/C21H19FN2O3S2/c22-18-7-1-2-8-19(18)23-29(26,27)17-6-3-5-15(13-17)21(25)24-11-4-9-20(24)16-10-12-28-14-16/h1-3,5-8,10,12-14,20,23H,4,9,11H2. The highest BCUT2D eigenvalue weighted by atomic mass is 32.2. The number of halogens is 1. The minimum Gasteiger partial charge on any atom is -0.332 e. The van der Waals surface area contributed by atoms with E-state index >= 15 is 0 Å². The lowest BCUT2D eigenvalue weighted by Gasteiger charge is -2.24. The first-order valence-electron chi connectivity index (χ1n) is 9.16. The van der Waals surface area contributed by atoms with Gasteiger partial charge in [-0.2, -0.15) is 11.3 Å². The summed E-state index contributed by atoms with van der Waals surface area (Å²) in [4.78, 5) is 14.8. The number of para-hydroxylation sites is 1. The molecule has 1 atom stereocenters. The van der Waals surface area contributed by atoms with Crippen LogP contribution in [0.1, 0.15) is 34.8 Å². The summed E-state index contributed by atoms with van der Waals surface area (Å²) in [6.45, 7) is 0.629. The minimum absolute atomic E-state index is 0.00514. The Morgan fingerprint density at radius 1 is 1.14 bits per heavy atom. The molecule has 1 aliphatic rings. The number of sulfonamides is 1. The highest BCUT2D eigenvalue weighted by Crippen LogP contribution is 2.34. The molecule has 0 saturated carbocycles. The summed E-state index contributed by atoms with van der Waals surface area (Å²) in [5.41, 5.74) is 1.26. The highest BCUT2D eigenvalue weighted by molar-refractivity contribution is 7.92. The molecule has 4 rings (SSSR count). The van der Waals surface area contributed by atoms with Crippen LogP contribution in [-0.2, 0) is 10.0 Å². The van der Waals surface area contributed by atoms with E-state index in [4.69, 9.17) is 0 Å². The number of hydrogen-bond acceptors (Lipinski definition) is 4. The molecule has 150 valence electrons. The van der Waals surface area contributed by atoms with Crippen LogP contribution in [0.4, 0.5) is 10.1 Å². The van der Waals surface area contributed by atoms with Crippen LogP contribution in [0.25, 0.3) is 0 Å². The quantitative estimate of drug-likeness (QED) is 0.640. The van der Waals surface area contributed by atoms with Crippen molar-refractivity contribution in [1.29, 1.82) is 0 Å². The zero-order valence-corrected chi connectivity index (χ0v) is 17.0. The van der Waals surface area contributed by atoms with E-state index in [-0.39, 0.29) is 22.5 Å². The minimum atomic E-state index is -4.03. The van der Waals surface area contributed by atoms with Gasteiger partial charge in [-0.1, -0.05) is 18.2 Å². The van der Waals surface area contributed by atoms with Gasteiger partial charge in [0, 0.05) is 12.1 Å². The van der Waals surface area contributed by atoms with Crippen LogP contribution in [0.3, 0.4) is 0 Å². The lowest BCUT2D eigenvalue weighted by molar-refractivity contribution is 0.0735. The number of carbonyl (C=O) groups excluding carboxylic acids is 1. The average molecular weight is 431 g/mol. The third kappa shape index (κ3) is 4.04. The molecule has 1 fully saturated rings. The zero-order chi connectivity index (χ0) is 20.4. The molecule has 1 saturated heterocycles. The Morgan fingerprint density at radius 2 is 1.97 bits per heavy atom. The molecule has 1 amide bonds. The summed E-state index contributed by atoms with van der Waals surface area (Å²) in [7, 11) is -4.03. The van der Waals surface area contributed by atoms with Gasteiger partial charge < -0.3 is 4.90 Å². The van der Waals surface area contributed by atoms with Crippen molar-refractivity contribution < 1.29 is 17.6 Å². The number of nitrogens with zero attached hydrogens (tertiary/aromatic N) is 1. The first kappa shape index (κ1) is 19.6. The van der Waals surface area contributed by atoms with Crippen LogP contribution >= 0.6 is 11.3 Å². The average Bonchev–Trinajstić information content (AvgIpc) is 3.40. The normalized spacial score (nSPS) is 16.7. The Balaban J connectivity index is 1.60. The Morgan fingerprint density at radius 3 is 2.72 bits per heavy atom. The molecular formula is C21H19FN2O3S2. The van der Waals surface area contributed by atoms with Gasteiger partial charge >= 0.3 is 0 Å². The van der Waals surface area contributed by atoms with Crippen LogP contribution in [0.2, 0.25) is 0 Å². The third-order valence-corrected chi connectivity index (χ3v) is 7.02. The van der Waals surface area contributed by atoms with E-state index in [0.29, 0.717) is 12.1 Å². The molecule has 1 aromatic heterocycles. The van der Waals surface area contributed by atoms with Gasteiger partial charge in [-0.15, -0.1) is 0 Å². The van der Waals surface area contributed by atoms with Crippen molar-refractivity contribution in [3.05, 3.63) is 82.3 Å². The number of amides is 1. The SMILES string of the molecule is O=C(c1cccc(S(=O)(=O)Nc2ccccc2F)c1)N1CCCC1c1ccsc1. The largest absolute Gasteiger partial charge is 0.332 e. The number of likely N-dealkylation sites (tertiary alicyclic amines) is 1. The molecule has 29 heavy (non-hydrogen) atoms. The van der Waals surface area contributed by atoms with Gasteiger partial charge in [0.25, 0.3) is 15.9 Å². The number of carbonyl (C=O) groups is 1. The monoisotopic (exact) mass is 430 g/mol. The predicted molar refractivity (Wildman–Crippen MR) is 111 cm³/mol. The molecule has 5 nitrogen and oxygen atoms in total. The van der Waals surface area contributed by atoms with E-state index in [0.717, 1.165) is 18.4 Å². The lowest BCUT2D eigenvalue weighted by Crippen LogP contribution is -2.30. The van der Waals surface area contributed by atoms with Crippen molar-refractivity contribution in [2.75, 3.05) is 11.3 Å². The number of nitrogens with one attached hydrogen (secondary N) is 1. The summed E-state index contributed by atoms with van der Waals surface area (Å²) in [6, 6.07) is 13.4. The van der Waals surface area contributed by atoms with E-state index in [1.165, 1.54) is 36.4 Å². The van der Waals surface area contributed by atoms with Gasteiger partial charge in [0.1, 0.15) is 5.82 Å². The second kappa shape index (κ2) is 7.96. The summed E-state index contributed by atoms with van der Waals surface area (Å²) < 4.78 is 41.5. The van der Waals surface area contributed by atoms with Crippen molar-refractivity contribution in [3.63, 3.8) is 0 Å². The zero-order valence-electron chi connectivity index (χ0n) is 15.4. The van der Waals surface area contributed by atoms with Crippen molar-refractivity contribution in [2.45, 2.75) is 23.8 Å². The molecule has 1 unspecified atom stereocenters. The van der Waals surface area contributed by atoms with Gasteiger partial charge in [-0.05, 0) is 65.6 Å². The van der Waals surface area contributed by atoms with E-state index in [2.05, 4.69) is 4.72 Å². The highest BCUT2D eigenvalue weighted by Gasteiger charge is 2.31. The van der Waals surface area contributed by atoms with E-state index in [1.54, 1.807) is 28.4 Å². The fraction of sp³-hybridized carbons (Fsp3) is 0.190. The molecule has 0 bridgehead atoms. The van der Waals surface area contributed by atoms with Crippen molar-refractivity contribution >= 4 is 33.0 Å².